The Morgan fingerprint density at radius 3 is 2.08 bits per heavy atom. The molecular weight excluding hydrogens is 329 g/mol. The predicted molar refractivity (Wildman–Crippen MR) is 90.1 cm³/mol. The number of nitrogens with zero attached hydrogens (tertiary/aromatic N) is 4. The maximum Gasteiger partial charge on any atom is 0.451 e. The molecule has 1 atom stereocenters. The van der Waals surface area contributed by atoms with Gasteiger partial charge < -0.3 is 0 Å². The summed E-state index contributed by atoms with van der Waals surface area (Å²) in [5, 5.41) is 0. The van der Waals surface area contributed by atoms with Gasteiger partial charge >= 0.3 is 6.18 Å². The van der Waals surface area contributed by atoms with Crippen molar-refractivity contribution in [3.8, 4) is 11.4 Å². The highest BCUT2D eigenvalue weighted by Gasteiger charge is 2.34. The van der Waals surface area contributed by atoms with Gasteiger partial charge in [0, 0.05) is 29.7 Å². The number of alkyl halides is 3. The van der Waals surface area contributed by atoms with Crippen molar-refractivity contribution in [2.45, 2.75) is 65.0 Å². The molecular formula is C18H23F3N4. The Labute approximate surface area is 146 Å². The average molecular weight is 352 g/mol. The highest BCUT2D eigenvalue weighted by molar-refractivity contribution is 5.52. The van der Waals surface area contributed by atoms with Crippen molar-refractivity contribution < 1.29 is 13.2 Å². The number of aromatic nitrogens is 4. The lowest BCUT2D eigenvalue weighted by Gasteiger charge is -2.17. The molecule has 0 radical (unpaired) electrons. The normalized spacial score (nSPS) is 13.3. The number of hydrogen-bond acceptors (Lipinski definition) is 4. The quantitative estimate of drug-likeness (QED) is 0.701. The molecule has 0 spiro atoms. The van der Waals surface area contributed by atoms with Crippen LogP contribution < -0.4 is 0 Å². The van der Waals surface area contributed by atoms with E-state index in [4.69, 9.17) is 0 Å². The zero-order chi connectivity index (χ0) is 18.6. The van der Waals surface area contributed by atoms with Crippen molar-refractivity contribution in [1.29, 1.82) is 0 Å². The van der Waals surface area contributed by atoms with Gasteiger partial charge in [0.2, 0.25) is 5.82 Å². The summed E-state index contributed by atoms with van der Waals surface area (Å²) in [5.41, 5.74) is 2.19. The summed E-state index contributed by atoms with van der Waals surface area (Å²) in [6.07, 6.45) is 0.718. The molecule has 2 aromatic rings. The van der Waals surface area contributed by atoms with Gasteiger partial charge in [-0.1, -0.05) is 34.1 Å². The zero-order valence-corrected chi connectivity index (χ0v) is 14.9. The van der Waals surface area contributed by atoms with Crippen LogP contribution >= 0.6 is 0 Å². The second kappa shape index (κ2) is 7.89. The zero-order valence-electron chi connectivity index (χ0n) is 14.9. The van der Waals surface area contributed by atoms with Crippen LogP contribution in [0.4, 0.5) is 13.2 Å². The molecule has 0 saturated heterocycles. The van der Waals surface area contributed by atoms with Crippen LogP contribution in [0.25, 0.3) is 11.4 Å². The molecule has 0 aliphatic rings. The van der Waals surface area contributed by atoms with Gasteiger partial charge in [-0.3, -0.25) is 0 Å². The summed E-state index contributed by atoms with van der Waals surface area (Å²) in [7, 11) is 0. The van der Waals surface area contributed by atoms with E-state index in [2.05, 4.69) is 33.8 Å². The van der Waals surface area contributed by atoms with Crippen LogP contribution in [0.2, 0.25) is 0 Å². The van der Waals surface area contributed by atoms with Gasteiger partial charge in [-0.25, -0.2) is 19.9 Å². The summed E-state index contributed by atoms with van der Waals surface area (Å²) < 4.78 is 37.9. The lowest BCUT2D eigenvalue weighted by atomic mass is 9.95. The maximum atomic E-state index is 12.6. The summed E-state index contributed by atoms with van der Waals surface area (Å²) in [6, 6.07) is 2.00. The van der Waals surface area contributed by atoms with Crippen LogP contribution in [-0.4, -0.2) is 19.9 Å². The third-order valence-corrected chi connectivity index (χ3v) is 4.07. The van der Waals surface area contributed by atoms with Gasteiger partial charge in [-0.05, 0) is 24.8 Å². The van der Waals surface area contributed by atoms with E-state index in [0.29, 0.717) is 17.3 Å². The first-order valence-electron chi connectivity index (χ1n) is 8.54. The van der Waals surface area contributed by atoms with Gasteiger partial charge in [-0.2, -0.15) is 13.2 Å². The molecule has 0 aliphatic heterocycles. The van der Waals surface area contributed by atoms with Crippen molar-refractivity contribution in [3.05, 3.63) is 35.7 Å². The maximum absolute atomic E-state index is 12.6. The fourth-order valence-corrected chi connectivity index (χ4v) is 2.62. The van der Waals surface area contributed by atoms with Crippen molar-refractivity contribution in [1.82, 2.24) is 19.9 Å². The Kier molecular flexibility index (Phi) is 6.08. The second-order valence-electron chi connectivity index (χ2n) is 6.38. The van der Waals surface area contributed by atoms with Crippen LogP contribution in [0.3, 0.4) is 0 Å². The molecule has 0 bridgehead atoms. The Balaban J connectivity index is 2.47. The third kappa shape index (κ3) is 4.74. The molecule has 7 heteroatoms. The largest absolute Gasteiger partial charge is 0.451 e. The van der Waals surface area contributed by atoms with Gasteiger partial charge in [0.05, 0.1) is 5.56 Å². The molecule has 0 amide bonds. The smallest absolute Gasteiger partial charge is 0.233 e. The molecule has 136 valence electrons. The molecule has 4 nitrogen and oxygen atoms in total. The Morgan fingerprint density at radius 2 is 1.60 bits per heavy atom. The standard InChI is InChI=1S/C18H23F3N4/c1-5-7-12(6-2)15-8-14(11(3)4)24-16(25-15)13-9-22-17(23-10-13)18(19,20)21/h8-12H,5-7H2,1-4H3. The van der Waals surface area contributed by atoms with E-state index in [1.165, 1.54) is 0 Å². The molecule has 0 fully saturated rings. The number of halogens is 3. The molecule has 0 N–H and O–H groups in total. The van der Waals surface area contributed by atoms with Crippen molar-refractivity contribution in [2.75, 3.05) is 0 Å². The summed E-state index contributed by atoms with van der Waals surface area (Å²) in [5.74, 6) is -0.284. The minimum absolute atomic E-state index is 0.190. The van der Waals surface area contributed by atoms with Gasteiger partial charge in [0.1, 0.15) is 0 Å². The molecule has 1 unspecified atom stereocenters. The lowest BCUT2D eigenvalue weighted by Crippen LogP contribution is -2.11. The second-order valence-corrected chi connectivity index (χ2v) is 6.38. The van der Waals surface area contributed by atoms with Crippen LogP contribution in [0.1, 0.15) is 76.0 Å². The molecule has 2 aromatic heterocycles. The Bertz CT molecular complexity index is 696. The van der Waals surface area contributed by atoms with Gasteiger partial charge in [-0.15, -0.1) is 0 Å². The average Bonchev–Trinajstić information content (AvgIpc) is 2.58. The van der Waals surface area contributed by atoms with E-state index in [0.717, 1.165) is 43.0 Å². The fourth-order valence-electron chi connectivity index (χ4n) is 2.62. The fraction of sp³-hybridized carbons (Fsp3) is 0.556. The molecule has 2 rings (SSSR count). The van der Waals surface area contributed by atoms with Crippen molar-refractivity contribution in [3.63, 3.8) is 0 Å². The van der Waals surface area contributed by atoms with Crippen molar-refractivity contribution in [2.24, 2.45) is 0 Å². The highest BCUT2D eigenvalue weighted by Crippen LogP contribution is 2.29. The molecule has 0 aromatic carbocycles. The van der Waals surface area contributed by atoms with E-state index < -0.39 is 12.0 Å². The minimum atomic E-state index is -4.56. The molecule has 0 aliphatic carbocycles. The summed E-state index contributed by atoms with van der Waals surface area (Å²) >= 11 is 0. The van der Waals surface area contributed by atoms with E-state index in [-0.39, 0.29) is 5.92 Å². The van der Waals surface area contributed by atoms with Crippen LogP contribution in [0, 0.1) is 0 Å². The van der Waals surface area contributed by atoms with Gasteiger partial charge in [0.15, 0.2) is 5.82 Å². The van der Waals surface area contributed by atoms with Crippen LogP contribution in [0.15, 0.2) is 18.5 Å². The van der Waals surface area contributed by atoms with Gasteiger partial charge in [0.25, 0.3) is 0 Å². The number of hydrogen-bond donors (Lipinski definition) is 0. The van der Waals surface area contributed by atoms with Crippen molar-refractivity contribution >= 4 is 0 Å². The first-order valence-corrected chi connectivity index (χ1v) is 8.54. The SMILES string of the molecule is CCCC(CC)c1cc(C(C)C)nc(-c2cnc(C(F)(F)F)nc2)n1. The minimum Gasteiger partial charge on any atom is -0.233 e. The Morgan fingerprint density at radius 1 is 1.00 bits per heavy atom. The first-order chi connectivity index (χ1) is 11.8. The monoisotopic (exact) mass is 352 g/mol. The first kappa shape index (κ1) is 19.3. The molecule has 0 saturated carbocycles. The summed E-state index contributed by atoms with van der Waals surface area (Å²) in [4.78, 5) is 15.9. The highest BCUT2D eigenvalue weighted by atomic mass is 19.4. The van der Waals surface area contributed by atoms with E-state index in [1.54, 1.807) is 0 Å². The van der Waals surface area contributed by atoms with Crippen LogP contribution in [0.5, 0.6) is 0 Å². The predicted octanol–water partition coefficient (Wildman–Crippen LogP) is 5.37. The van der Waals surface area contributed by atoms with E-state index >= 15 is 0 Å². The topological polar surface area (TPSA) is 51.6 Å². The van der Waals surface area contributed by atoms with Crippen LogP contribution in [-0.2, 0) is 6.18 Å². The van der Waals surface area contributed by atoms with E-state index in [9.17, 15) is 13.2 Å². The Hall–Kier alpha value is -2.05. The molecule has 2 heterocycles. The summed E-state index contributed by atoms with van der Waals surface area (Å²) in [6.45, 7) is 8.29. The number of rotatable bonds is 6. The lowest BCUT2D eigenvalue weighted by molar-refractivity contribution is -0.144. The molecule has 25 heavy (non-hydrogen) atoms. The third-order valence-electron chi connectivity index (χ3n) is 4.07. The van der Waals surface area contributed by atoms with E-state index in [1.807, 2.05) is 19.9 Å².